The Hall–Kier alpha value is -2.46. The summed E-state index contributed by atoms with van der Waals surface area (Å²) in [7, 11) is 0. The molecule has 1 aliphatic heterocycles. The van der Waals surface area contributed by atoms with Crippen LogP contribution < -0.4 is 15.1 Å². The summed E-state index contributed by atoms with van der Waals surface area (Å²) in [4.78, 5) is 12.1. The van der Waals surface area contributed by atoms with Crippen LogP contribution in [0, 0.1) is 0 Å². The molecule has 4 nitrogen and oxygen atoms in total. The van der Waals surface area contributed by atoms with Crippen molar-refractivity contribution in [2.45, 2.75) is 0 Å². The van der Waals surface area contributed by atoms with E-state index in [1.807, 2.05) is 6.07 Å². The summed E-state index contributed by atoms with van der Waals surface area (Å²) in [5.74, 6) is 1.76. The number of hydrogen-bond donors (Lipinski definition) is 0. The Morgan fingerprint density at radius 3 is 2.71 bits per heavy atom. The standard InChI is InChI=1S/C16H9ClO4/c17-12-3-1-2-10-11(12)7-14(21-16(10)18)9-4-5-13-15(6-9)20-8-19-13/h1-7H,8H2. The third kappa shape index (κ3) is 1.96. The molecule has 0 amide bonds. The second-order valence-corrected chi connectivity index (χ2v) is 5.07. The first-order chi connectivity index (χ1) is 10.2. The van der Waals surface area contributed by atoms with E-state index in [1.165, 1.54) is 0 Å². The van der Waals surface area contributed by atoms with Crippen LogP contribution in [0.4, 0.5) is 0 Å². The van der Waals surface area contributed by atoms with Crippen LogP contribution in [0.3, 0.4) is 0 Å². The molecule has 0 N–H and O–H groups in total. The predicted molar refractivity (Wildman–Crippen MR) is 79.1 cm³/mol. The van der Waals surface area contributed by atoms with Crippen LogP contribution in [0.15, 0.2) is 51.7 Å². The van der Waals surface area contributed by atoms with Crippen molar-refractivity contribution in [2.24, 2.45) is 0 Å². The van der Waals surface area contributed by atoms with Crippen LogP contribution in [-0.4, -0.2) is 6.79 Å². The molecule has 104 valence electrons. The maximum Gasteiger partial charge on any atom is 0.344 e. The lowest BCUT2D eigenvalue weighted by Crippen LogP contribution is -2.00. The fourth-order valence-electron chi connectivity index (χ4n) is 2.37. The normalized spacial score (nSPS) is 12.8. The highest BCUT2D eigenvalue weighted by Crippen LogP contribution is 2.36. The highest BCUT2D eigenvalue weighted by molar-refractivity contribution is 6.35. The quantitative estimate of drug-likeness (QED) is 0.685. The Bertz CT molecular complexity index is 914. The van der Waals surface area contributed by atoms with E-state index >= 15 is 0 Å². The average molecular weight is 301 g/mol. The van der Waals surface area contributed by atoms with Gasteiger partial charge in [-0.05, 0) is 36.4 Å². The molecule has 4 rings (SSSR count). The summed E-state index contributed by atoms with van der Waals surface area (Å²) < 4.78 is 16.0. The molecule has 21 heavy (non-hydrogen) atoms. The maximum absolute atomic E-state index is 12.1. The molecule has 0 aliphatic carbocycles. The molecule has 0 unspecified atom stereocenters. The molecular weight excluding hydrogens is 292 g/mol. The minimum Gasteiger partial charge on any atom is -0.454 e. The Morgan fingerprint density at radius 2 is 1.81 bits per heavy atom. The van der Waals surface area contributed by atoms with Crippen LogP contribution in [-0.2, 0) is 0 Å². The van der Waals surface area contributed by atoms with Gasteiger partial charge in [-0.25, -0.2) is 4.79 Å². The van der Waals surface area contributed by atoms with E-state index in [0.29, 0.717) is 33.1 Å². The van der Waals surface area contributed by atoms with Crippen molar-refractivity contribution in [2.75, 3.05) is 6.79 Å². The summed E-state index contributed by atoms with van der Waals surface area (Å²) in [5, 5.41) is 1.65. The monoisotopic (exact) mass is 300 g/mol. The van der Waals surface area contributed by atoms with Crippen molar-refractivity contribution >= 4 is 22.4 Å². The predicted octanol–water partition coefficient (Wildman–Crippen LogP) is 3.84. The summed E-state index contributed by atoms with van der Waals surface area (Å²) >= 11 is 6.16. The SMILES string of the molecule is O=c1oc(-c2ccc3c(c2)OCO3)cc2c(Cl)cccc12. The van der Waals surface area contributed by atoms with E-state index in [9.17, 15) is 4.79 Å². The number of halogens is 1. The van der Waals surface area contributed by atoms with Crippen LogP contribution in [0.25, 0.3) is 22.1 Å². The van der Waals surface area contributed by atoms with Crippen molar-refractivity contribution in [3.05, 3.63) is 57.9 Å². The first kappa shape index (κ1) is 12.3. The van der Waals surface area contributed by atoms with E-state index in [1.54, 1.807) is 36.4 Å². The van der Waals surface area contributed by atoms with Crippen LogP contribution in [0.2, 0.25) is 5.02 Å². The van der Waals surface area contributed by atoms with Gasteiger partial charge in [-0.15, -0.1) is 0 Å². The Kier molecular flexibility index (Phi) is 2.65. The molecule has 0 spiro atoms. The minimum absolute atomic E-state index is 0.201. The summed E-state index contributed by atoms with van der Waals surface area (Å²) in [5.41, 5.74) is 0.320. The van der Waals surface area contributed by atoms with Gasteiger partial charge in [0.25, 0.3) is 0 Å². The van der Waals surface area contributed by atoms with Crippen LogP contribution in [0.5, 0.6) is 11.5 Å². The van der Waals surface area contributed by atoms with E-state index in [4.69, 9.17) is 25.5 Å². The number of fused-ring (bicyclic) bond motifs is 2. The van der Waals surface area contributed by atoms with Crippen molar-refractivity contribution in [1.82, 2.24) is 0 Å². The van der Waals surface area contributed by atoms with Gasteiger partial charge in [-0.2, -0.15) is 0 Å². The first-order valence-electron chi connectivity index (χ1n) is 6.35. The lowest BCUT2D eigenvalue weighted by atomic mass is 10.1. The smallest absolute Gasteiger partial charge is 0.344 e. The second kappa shape index (κ2) is 4.53. The van der Waals surface area contributed by atoms with Gasteiger partial charge >= 0.3 is 5.63 Å². The minimum atomic E-state index is -0.414. The molecule has 0 fully saturated rings. The fourth-order valence-corrected chi connectivity index (χ4v) is 2.60. The van der Waals surface area contributed by atoms with Crippen molar-refractivity contribution in [1.29, 1.82) is 0 Å². The zero-order chi connectivity index (χ0) is 14.4. The van der Waals surface area contributed by atoms with Gasteiger partial charge in [-0.3, -0.25) is 0 Å². The van der Waals surface area contributed by atoms with E-state index < -0.39 is 5.63 Å². The number of rotatable bonds is 1. The fraction of sp³-hybridized carbons (Fsp3) is 0.0625. The van der Waals surface area contributed by atoms with Gasteiger partial charge in [0, 0.05) is 16.0 Å². The molecule has 0 atom stereocenters. The molecule has 0 radical (unpaired) electrons. The van der Waals surface area contributed by atoms with Crippen LogP contribution >= 0.6 is 11.6 Å². The lowest BCUT2D eigenvalue weighted by molar-refractivity contribution is 0.174. The van der Waals surface area contributed by atoms with E-state index in [2.05, 4.69) is 0 Å². The van der Waals surface area contributed by atoms with Crippen molar-refractivity contribution < 1.29 is 13.9 Å². The van der Waals surface area contributed by atoms with Gasteiger partial charge in [0.1, 0.15) is 5.76 Å². The molecule has 1 aliphatic rings. The van der Waals surface area contributed by atoms with Gasteiger partial charge in [0.15, 0.2) is 11.5 Å². The Labute approximate surface area is 124 Å². The zero-order valence-corrected chi connectivity index (χ0v) is 11.5. The molecule has 1 aromatic heterocycles. The highest BCUT2D eigenvalue weighted by atomic mass is 35.5. The van der Waals surface area contributed by atoms with Gasteiger partial charge in [-0.1, -0.05) is 17.7 Å². The maximum atomic E-state index is 12.1. The average Bonchev–Trinajstić information content (AvgIpc) is 2.95. The van der Waals surface area contributed by atoms with Gasteiger partial charge < -0.3 is 13.9 Å². The topological polar surface area (TPSA) is 48.7 Å². The second-order valence-electron chi connectivity index (χ2n) is 4.67. The molecular formula is C16H9ClO4. The Balaban J connectivity index is 1.95. The molecule has 2 heterocycles. The molecule has 3 aromatic rings. The zero-order valence-electron chi connectivity index (χ0n) is 10.8. The molecule has 0 bridgehead atoms. The molecule has 0 saturated carbocycles. The third-order valence-corrected chi connectivity index (χ3v) is 3.74. The molecule has 5 heteroatoms. The third-order valence-electron chi connectivity index (χ3n) is 3.41. The van der Waals surface area contributed by atoms with E-state index in [0.717, 1.165) is 5.56 Å². The molecule has 0 saturated heterocycles. The van der Waals surface area contributed by atoms with E-state index in [-0.39, 0.29) is 6.79 Å². The summed E-state index contributed by atoms with van der Waals surface area (Å²) in [6.45, 7) is 0.201. The van der Waals surface area contributed by atoms with Gasteiger partial charge in [0.2, 0.25) is 6.79 Å². The summed E-state index contributed by atoms with van der Waals surface area (Å²) in [6, 6.07) is 12.3. The first-order valence-corrected chi connectivity index (χ1v) is 6.72. The molecule has 2 aromatic carbocycles. The number of benzene rings is 2. The van der Waals surface area contributed by atoms with Gasteiger partial charge in [0.05, 0.1) is 5.39 Å². The summed E-state index contributed by atoms with van der Waals surface area (Å²) in [6.07, 6.45) is 0. The van der Waals surface area contributed by atoms with Crippen LogP contribution in [0.1, 0.15) is 0 Å². The number of ether oxygens (including phenoxy) is 2. The lowest BCUT2D eigenvalue weighted by Gasteiger charge is -2.05. The Morgan fingerprint density at radius 1 is 0.952 bits per heavy atom. The van der Waals surface area contributed by atoms with Crippen molar-refractivity contribution in [3.63, 3.8) is 0 Å². The largest absolute Gasteiger partial charge is 0.454 e. The van der Waals surface area contributed by atoms with Crippen molar-refractivity contribution in [3.8, 4) is 22.8 Å². The highest BCUT2D eigenvalue weighted by Gasteiger charge is 2.16. The number of hydrogen-bond acceptors (Lipinski definition) is 4.